The van der Waals surface area contributed by atoms with Crippen molar-refractivity contribution in [3.8, 4) is 0 Å². The van der Waals surface area contributed by atoms with E-state index < -0.39 is 26.6 Å². The van der Waals surface area contributed by atoms with E-state index in [1.54, 1.807) is 18.2 Å². The molecule has 6 nitrogen and oxygen atoms in total. The Bertz CT molecular complexity index is 315. The molecular formula is C6H6N2O4Sn. The first-order valence-corrected chi connectivity index (χ1v) is 8.04. The molecule has 1 aromatic carbocycles. The Morgan fingerprint density at radius 1 is 1.00 bits per heavy atom. The van der Waals surface area contributed by atoms with Gasteiger partial charge in [0.1, 0.15) is 0 Å². The molecule has 0 saturated carbocycles. The Hall–Kier alpha value is -1.18. The van der Waals surface area contributed by atoms with Crippen LogP contribution in [0.2, 0.25) is 0 Å². The molecular weight excluding hydrogens is 283 g/mol. The van der Waals surface area contributed by atoms with E-state index in [2.05, 4.69) is 0 Å². The first-order valence-electron chi connectivity index (χ1n) is 3.45. The third-order valence-electron chi connectivity index (χ3n) is 1.50. The summed E-state index contributed by atoms with van der Waals surface area (Å²) in [6, 6.07) is 7.73. The van der Waals surface area contributed by atoms with Gasteiger partial charge in [-0.25, -0.2) is 0 Å². The number of rotatable bonds is 3. The molecule has 0 bridgehead atoms. The topological polar surface area (TPSA) is 86.3 Å². The van der Waals surface area contributed by atoms with Crippen molar-refractivity contribution < 1.29 is 6.29 Å². The zero-order chi connectivity index (χ0) is 9.84. The number of hydrogen-bond acceptors (Lipinski definition) is 4. The van der Waals surface area contributed by atoms with Gasteiger partial charge in [-0.3, -0.25) is 0 Å². The van der Waals surface area contributed by atoms with Crippen LogP contribution in [0.1, 0.15) is 0 Å². The third-order valence-corrected chi connectivity index (χ3v) is 6.58. The van der Waals surface area contributed by atoms with Crippen LogP contribution in [0.4, 0.5) is 0 Å². The van der Waals surface area contributed by atoms with Gasteiger partial charge in [0.15, 0.2) is 0 Å². The molecule has 0 spiro atoms. The van der Waals surface area contributed by atoms with Crippen LogP contribution in [0.25, 0.3) is 0 Å². The van der Waals surface area contributed by atoms with Gasteiger partial charge < -0.3 is 0 Å². The molecule has 0 radical (unpaired) electrons. The average Bonchev–Trinajstić information content (AvgIpc) is 2.04. The summed E-state index contributed by atoms with van der Waals surface area (Å²) in [7, 11) is 0. The monoisotopic (exact) mass is 290 g/mol. The van der Waals surface area contributed by atoms with Crippen molar-refractivity contribution in [1.29, 1.82) is 0 Å². The van der Waals surface area contributed by atoms with Gasteiger partial charge in [0.2, 0.25) is 0 Å². The molecule has 0 aliphatic rings. The van der Waals surface area contributed by atoms with Crippen LogP contribution in [0.3, 0.4) is 0 Å². The number of nitrogens with zero attached hydrogens (tertiary/aromatic N) is 2. The summed E-state index contributed by atoms with van der Waals surface area (Å²) >= 11 is -4.03. The summed E-state index contributed by atoms with van der Waals surface area (Å²) < 4.78 is -1.13. The maximum atomic E-state index is 10.4. The predicted octanol–water partition coefficient (Wildman–Crippen LogP) is -0.333. The van der Waals surface area contributed by atoms with Crippen molar-refractivity contribution in [2.45, 2.75) is 0 Å². The molecule has 1 rings (SSSR count). The SMILES string of the molecule is O=[N+]([O-])[SnH]([c]1ccccc1)[N+](=O)[O-]. The van der Waals surface area contributed by atoms with Crippen molar-refractivity contribution >= 4 is 23.9 Å². The van der Waals surface area contributed by atoms with Crippen molar-refractivity contribution in [2.75, 3.05) is 0 Å². The van der Waals surface area contributed by atoms with E-state index in [4.69, 9.17) is 0 Å². The van der Waals surface area contributed by atoms with Crippen LogP contribution in [0.5, 0.6) is 0 Å². The third kappa shape index (κ3) is 2.38. The quantitative estimate of drug-likeness (QED) is 0.433. The van der Waals surface area contributed by atoms with E-state index in [9.17, 15) is 20.2 Å². The maximum absolute atomic E-state index is 10.4. The standard InChI is InChI=1S/C6H5.2NO2.Sn.H/c1-2-4-6-5-3-1;2*2-1-3;;/h1-5H;;;;. The molecule has 68 valence electrons. The second-order valence-electron chi connectivity index (χ2n) is 2.36. The molecule has 0 aliphatic heterocycles. The van der Waals surface area contributed by atoms with E-state index >= 15 is 0 Å². The summed E-state index contributed by atoms with van der Waals surface area (Å²) in [5, 5.41) is 20.8. The molecule has 0 atom stereocenters. The van der Waals surface area contributed by atoms with E-state index in [1.165, 1.54) is 12.1 Å². The van der Waals surface area contributed by atoms with Gasteiger partial charge in [0, 0.05) is 0 Å². The summed E-state index contributed by atoms with van der Waals surface area (Å²) in [6.45, 7) is 0. The van der Waals surface area contributed by atoms with Crippen LogP contribution in [-0.4, -0.2) is 26.6 Å². The Morgan fingerprint density at radius 3 is 1.85 bits per heavy atom. The van der Waals surface area contributed by atoms with Gasteiger partial charge in [-0.05, 0) is 0 Å². The van der Waals surface area contributed by atoms with Crippen molar-refractivity contribution in [1.82, 2.24) is 0 Å². The minimum absolute atomic E-state index is 0.291. The molecule has 1 aromatic rings. The second-order valence-corrected chi connectivity index (χ2v) is 8.80. The second kappa shape index (κ2) is 4.17. The zero-order valence-corrected chi connectivity index (χ0v) is 9.79. The Morgan fingerprint density at radius 2 is 1.46 bits per heavy atom. The summed E-state index contributed by atoms with van der Waals surface area (Å²) in [6.07, 6.45) is 0. The summed E-state index contributed by atoms with van der Waals surface area (Å²) in [5.74, 6) is 0. The summed E-state index contributed by atoms with van der Waals surface area (Å²) in [5.41, 5.74) is 0. The molecule has 0 amide bonds. The van der Waals surface area contributed by atoms with Crippen molar-refractivity contribution in [3.63, 3.8) is 0 Å². The fraction of sp³-hybridized carbons (Fsp3) is 0. The van der Waals surface area contributed by atoms with E-state index in [1.807, 2.05) is 0 Å². The molecule has 0 N–H and O–H groups in total. The van der Waals surface area contributed by atoms with Gasteiger partial charge in [-0.1, -0.05) is 0 Å². The van der Waals surface area contributed by atoms with E-state index in [0.717, 1.165) is 0 Å². The fourth-order valence-corrected chi connectivity index (χ4v) is 4.39. The first kappa shape index (κ1) is 9.90. The van der Waals surface area contributed by atoms with E-state index in [-0.39, 0.29) is 0 Å². The minimum atomic E-state index is -4.03. The molecule has 0 aliphatic carbocycles. The van der Waals surface area contributed by atoms with Gasteiger partial charge in [0.25, 0.3) is 0 Å². The zero-order valence-electron chi connectivity index (χ0n) is 6.49. The van der Waals surface area contributed by atoms with Crippen molar-refractivity contribution in [3.05, 3.63) is 50.6 Å². The molecule has 0 saturated heterocycles. The Labute approximate surface area is 80.9 Å². The van der Waals surface area contributed by atoms with Crippen LogP contribution >= 0.6 is 0 Å². The van der Waals surface area contributed by atoms with Crippen LogP contribution in [-0.2, 0) is 0 Å². The Balaban J connectivity index is 3.03. The molecule has 0 unspecified atom stereocenters. The van der Waals surface area contributed by atoms with E-state index in [0.29, 0.717) is 3.58 Å². The molecule has 0 fully saturated rings. The first-order chi connectivity index (χ1) is 6.13. The molecule has 13 heavy (non-hydrogen) atoms. The average molecular weight is 289 g/mol. The predicted molar refractivity (Wildman–Crippen MR) is 47.2 cm³/mol. The molecule has 0 heterocycles. The van der Waals surface area contributed by atoms with Crippen LogP contribution in [0, 0.1) is 20.2 Å². The van der Waals surface area contributed by atoms with Gasteiger partial charge in [-0.2, -0.15) is 0 Å². The number of benzene rings is 1. The normalized spacial score (nSPS) is 9.92. The van der Waals surface area contributed by atoms with Crippen LogP contribution in [0.15, 0.2) is 30.3 Å². The molecule has 7 heteroatoms. The molecule has 0 aromatic heterocycles. The van der Waals surface area contributed by atoms with Gasteiger partial charge in [0.05, 0.1) is 0 Å². The number of hydrogen-bond donors (Lipinski definition) is 0. The Kier molecular flexibility index (Phi) is 3.18. The summed E-state index contributed by atoms with van der Waals surface area (Å²) in [4.78, 5) is 20.8. The van der Waals surface area contributed by atoms with Crippen molar-refractivity contribution in [2.24, 2.45) is 0 Å². The number of nitro groups is 2. The van der Waals surface area contributed by atoms with Gasteiger partial charge >= 0.3 is 80.7 Å². The van der Waals surface area contributed by atoms with Crippen LogP contribution < -0.4 is 3.58 Å². The van der Waals surface area contributed by atoms with Gasteiger partial charge in [-0.15, -0.1) is 0 Å². The fourth-order valence-electron chi connectivity index (χ4n) is 0.946.